The second-order valence-corrected chi connectivity index (χ2v) is 4.31. The third-order valence-corrected chi connectivity index (χ3v) is 2.70. The maximum Gasteiger partial charge on any atom is 0.427 e. The van der Waals surface area contributed by atoms with E-state index in [0.29, 0.717) is 11.4 Å². The van der Waals surface area contributed by atoms with E-state index in [-0.39, 0.29) is 24.4 Å². The fraction of sp³-hybridized carbons (Fsp3) is 0.267. The summed E-state index contributed by atoms with van der Waals surface area (Å²) in [5, 5.41) is 3.75. The molecular weight excluding hydrogens is 330 g/mol. The maximum atomic E-state index is 11.2. The highest BCUT2D eigenvalue weighted by molar-refractivity contribution is 5.81. The molecule has 1 amide bonds. The summed E-state index contributed by atoms with van der Waals surface area (Å²) in [6.45, 7) is 1.94. The number of ether oxygens (including phenoxy) is 4. The van der Waals surface area contributed by atoms with Crippen LogP contribution in [0.1, 0.15) is 12.6 Å². The van der Waals surface area contributed by atoms with Gasteiger partial charge in [-0.3, -0.25) is 4.98 Å². The SMILES string of the molecule is CCOC(=O)NN=Cc1ncccc1Oc1nc(OC)cc(OC)n1. The van der Waals surface area contributed by atoms with Crippen molar-refractivity contribution < 1.29 is 23.7 Å². The largest absolute Gasteiger partial charge is 0.481 e. The molecular formula is C15H17N5O5. The number of hydrazone groups is 1. The summed E-state index contributed by atoms with van der Waals surface area (Å²) in [5.74, 6) is 0.891. The maximum absolute atomic E-state index is 11.2. The molecule has 0 spiro atoms. The van der Waals surface area contributed by atoms with Crippen LogP contribution in [-0.2, 0) is 4.74 Å². The first-order chi connectivity index (χ1) is 12.2. The molecule has 0 aliphatic carbocycles. The Kier molecular flexibility index (Phi) is 6.46. The van der Waals surface area contributed by atoms with Crippen LogP contribution in [-0.4, -0.2) is 48.1 Å². The van der Waals surface area contributed by atoms with Crippen LogP contribution in [0.15, 0.2) is 29.5 Å². The van der Waals surface area contributed by atoms with E-state index in [9.17, 15) is 4.79 Å². The summed E-state index contributed by atoms with van der Waals surface area (Å²) in [6, 6.07) is 4.84. The van der Waals surface area contributed by atoms with Gasteiger partial charge in [-0.25, -0.2) is 10.2 Å². The predicted octanol–water partition coefficient (Wildman–Crippen LogP) is 1.76. The minimum Gasteiger partial charge on any atom is -0.481 e. The standard InChI is InChI=1S/C15H17N5O5/c1-4-24-15(21)20-17-9-10-11(6-5-7-16-10)25-14-18-12(22-2)8-13(19-14)23-3/h5-9H,4H2,1-3H3,(H,20,21). The normalized spacial score (nSPS) is 10.4. The van der Waals surface area contributed by atoms with Crippen LogP contribution in [0.4, 0.5) is 4.79 Å². The summed E-state index contributed by atoms with van der Waals surface area (Å²) in [7, 11) is 2.93. The Morgan fingerprint density at radius 3 is 2.64 bits per heavy atom. The number of pyridine rings is 1. The van der Waals surface area contributed by atoms with Gasteiger partial charge in [-0.05, 0) is 19.1 Å². The van der Waals surface area contributed by atoms with E-state index in [1.165, 1.54) is 26.5 Å². The molecule has 0 saturated heterocycles. The first-order valence-electron chi connectivity index (χ1n) is 7.22. The highest BCUT2D eigenvalue weighted by Gasteiger charge is 2.10. The van der Waals surface area contributed by atoms with Crippen LogP contribution in [0.3, 0.4) is 0 Å². The molecule has 0 unspecified atom stereocenters. The zero-order valence-corrected chi connectivity index (χ0v) is 13.9. The Morgan fingerprint density at radius 2 is 2.00 bits per heavy atom. The molecule has 0 atom stereocenters. The van der Waals surface area contributed by atoms with E-state index in [1.807, 2.05) is 0 Å². The molecule has 2 aromatic rings. The van der Waals surface area contributed by atoms with Crippen LogP contribution < -0.4 is 19.6 Å². The number of carbonyl (C=O) groups excluding carboxylic acids is 1. The summed E-state index contributed by atoms with van der Waals surface area (Å²) >= 11 is 0. The van der Waals surface area contributed by atoms with Gasteiger partial charge in [0.1, 0.15) is 5.69 Å². The average Bonchev–Trinajstić information content (AvgIpc) is 2.63. The fourth-order valence-electron chi connectivity index (χ4n) is 1.63. The van der Waals surface area contributed by atoms with Crippen LogP contribution in [0.5, 0.6) is 23.5 Å². The van der Waals surface area contributed by atoms with Gasteiger partial charge in [0.15, 0.2) is 5.75 Å². The minimum absolute atomic E-state index is 0.0113. The first-order valence-corrected chi connectivity index (χ1v) is 7.22. The van der Waals surface area contributed by atoms with E-state index in [4.69, 9.17) is 18.9 Å². The van der Waals surface area contributed by atoms with Crippen molar-refractivity contribution in [1.29, 1.82) is 0 Å². The number of carbonyl (C=O) groups is 1. The Labute approximate surface area is 143 Å². The fourth-order valence-corrected chi connectivity index (χ4v) is 1.63. The van der Waals surface area contributed by atoms with E-state index >= 15 is 0 Å². The third-order valence-electron chi connectivity index (χ3n) is 2.70. The summed E-state index contributed by atoms with van der Waals surface area (Å²) in [4.78, 5) is 23.5. The molecule has 2 rings (SSSR count). The summed E-state index contributed by atoms with van der Waals surface area (Å²) < 4.78 is 20.4. The van der Waals surface area contributed by atoms with Gasteiger partial charge in [0.25, 0.3) is 0 Å². The van der Waals surface area contributed by atoms with Gasteiger partial charge in [0.2, 0.25) is 11.8 Å². The molecule has 0 saturated carbocycles. The van der Waals surface area contributed by atoms with Gasteiger partial charge in [-0.15, -0.1) is 0 Å². The quantitative estimate of drug-likeness (QED) is 0.595. The molecule has 10 nitrogen and oxygen atoms in total. The van der Waals surface area contributed by atoms with Crippen molar-refractivity contribution in [1.82, 2.24) is 20.4 Å². The van der Waals surface area contributed by atoms with Gasteiger partial charge in [-0.1, -0.05) is 0 Å². The molecule has 2 aromatic heterocycles. The lowest BCUT2D eigenvalue weighted by atomic mass is 10.3. The second-order valence-electron chi connectivity index (χ2n) is 4.31. The number of nitrogens with one attached hydrogen (secondary N) is 1. The van der Waals surface area contributed by atoms with Crippen molar-refractivity contribution in [3.05, 3.63) is 30.1 Å². The molecule has 0 radical (unpaired) electrons. The van der Waals surface area contributed by atoms with Gasteiger partial charge in [0.05, 0.1) is 33.1 Å². The summed E-state index contributed by atoms with van der Waals surface area (Å²) in [6.07, 6.45) is 2.19. The molecule has 10 heteroatoms. The number of amides is 1. The molecule has 1 N–H and O–H groups in total. The lowest BCUT2D eigenvalue weighted by Crippen LogP contribution is -2.18. The molecule has 0 aliphatic heterocycles. The van der Waals surface area contributed by atoms with E-state index in [2.05, 4.69) is 25.5 Å². The van der Waals surface area contributed by atoms with Gasteiger partial charge in [-0.2, -0.15) is 15.1 Å². The number of rotatable bonds is 7. The Bertz CT molecular complexity index is 731. The van der Waals surface area contributed by atoms with Gasteiger partial charge >= 0.3 is 12.1 Å². The van der Waals surface area contributed by atoms with Crippen molar-refractivity contribution in [2.75, 3.05) is 20.8 Å². The first kappa shape index (κ1) is 17.9. The van der Waals surface area contributed by atoms with Gasteiger partial charge < -0.3 is 18.9 Å². The molecule has 0 aliphatic rings. The molecule has 0 bridgehead atoms. The highest BCUT2D eigenvalue weighted by Crippen LogP contribution is 2.24. The van der Waals surface area contributed by atoms with Crippen LogP contribution in [0.25, 0.3) is 0 Å². The Hall–Kier alpha value is -3.43. The zero-order chi connectivity index (χ0) is 18.1. The Morgan fingerprint density at radius 1 is 1.28 bits per heavy atom. The molecule has 2 heterocycles. The number of aromatic nitrogens is 3. The van der Waals surface area contributed by atoms with Crippen molar-refractivity contribution in [2.45, 2.75) is 6.92 Å². The highest BCUT2D eigenvalue weighted by atomic mass is 16.6. The van der Waals surface area contributed by atoms with Crippen LogP contribution in [0, 0.1) is 0 Å². The van der Waals surface area contributed by atoms with Crippen molar-refractivity contribution in [2.24, 2.45) is 5.10 Å². The zero-order valence-electron chi connectivity index (χ0n) is 13.9. The Balaban J connectivity index is 2.18. The molecule has 132 valence electrons. The second kappa shape index (κ2) is 9.01. The van der Waals surface area contributed by atoms with Crippen molar-refractivity contribution in [3.63, 3.8) is 0 Å². The smallest absolute Gasteiger partial charge is 0.427 e. The lowest BCUT2D eigenvalue weighted by Gasteiger charge is -2.08. The predicted molar refractivity (Wildman–Crippen MR) is 87.2 cm³/mol. The third kappa shape index (κ3) is 5.30. The molecule has 0 fully saturated rings. The number of hydrogen-bond acceptors (Lipinski definition) is 9. The van der Waals surface area contributed by atoms with Crippen molar-refractivity contribution in [3.8, 4) is 23.5 Å². The van der Waals surface area contributed by atoms with E-state index in [0.717, 1.165) is 0 Å². The monoisotopic (exact) mass is 347 g/mol. The van der Waals surface area contributed by atoms with E-state index in [1.54, 1.807) is 25.3 Å². The molecule has 25 heavy (non-hydrogen) atoms. The topological polar surface area (TPSA) is 117 Å². The number of nitrogens with zero attached hydrogens (tertiary/aromatic N) is 4. The van der Waals surface area contributed by atoms with Crippen LogP contribution in [0.2, 0.25) is 0 Å². The lowest BCUT2D eigenvalue weighted by molar-refractivity contribution is 0.152. The average molecular weight is 347 g/mol. The number of methoxy groups -OCH3 is 2. The van der Waals surface area contributed by atoms with Crippen LogP contribution >= 0.6 is 0 Å². The summed E-state index contributed by atoms with van der Waals surface area (Å²) in [5.41, 5.74) is 2.55. The van der Waals surface area contributed by atoms with E-state index < -0.39 is 6.09 Å². The number of hydrogen-bond donors (Lipinski definition) is 1. The van der Waals surface area contributed by atoms with Crippen molar-refractivity contribution >= 4 is 12.3 Å². The minimum atomic E-state index is -0.669. The van der Waals surface area contributed by atoms with Gasteiger partial charge in [0, 0.05) is 6.20 Å². The molecule has 0 aromatic carbocycles.